The monoisotopic (exact) mass is 326 g/mol. The van der Waals surface area contributed by atoms with Crippen LogP contribution in [0.3, 0.4) is 0 Å². The summed E-state index contributed by atoms with van der Waals surface area (Å²) in [7, 11) is 0. The van der Waals surface area contributed by atoms with Crippen molar-refractivity contribution in [3.8, 4) is 5.69 Å². The van der Waals surface area contributed by atoms with Crippen molar-refractivity contribution in [2.75, 3.05) is 0 Å². The smallest absolute Gasteiger partial charge is 0.220 e. The molecule has 5 nitrogen and oxygen atoms in total. The van der Waals surface area contributed by atoms with E-state index in [1.807, 2.05) is 36.6 Å². The molecule has 0 aliphatic carbocycles. The molecule has 0 aliphatic heterocycles. The Labute approximate surface area is 139 Å². The van der Waals surface area contributed by atoms with Crippen LogP contribution < -0.4 is 5.32 Å². The van der Waals surface area contributed by atoms with Crippen LogP contribution in [0.1, 0.15) is 30.5 Å². The first-order valence-corrected chi connectivity index (χ1v) is 8.42. The van der Waals surface area contributed by atoms with Crippen LogP contribution in [-0.4, -0.2) is 20.7 Å². The summed E-state index contributed by atoms with van der Waals surface area (Å²) in [6.07, 6.45) is 4.46. The second-order valence-corrected chi connectivity index (χ2v) is 6.13. The number of hydrogen-bond acceptors (Lipinski definition) is 4. The minimum absolute atomic E-state index is 0.0187. The van der Waals surface area contributed by atoms with Gasteiger partial charge in [0.1, 0.15) is 12.7 Å². The maximum absolute atomic E-state index is 12.0. The van der Waals surface area contributed by atoms with Crippen LogP contribution in [0.25, 0.3) is 5.69 Å². The normalized spacial score (nSPS) is 12.0. The molecule has 0 bridgehead atoms. The maximum Gasteiger partial charge on any atom is 0.220 e. The van der Waals surface area contributed by atoms with Crippen LogP contribution >= 0.6 is 11.3 Å². The van der Waals surface area contributed by atoms with Crippen molar-refractivity contribution in [3.63, 3.8) is 0 Å². The predicted octanol–water partition coefficient (Wildman–Crippen LogP) is 3.14. The Kier molecular flexibility index (Phi) is 4.83. The molecule has 0 spiro atoms. The summed E-state index contributed by atoms with van der Waals surface area (Å²) in [6.45, 7) is 1.99. The average Bonchev–Trinajstić information content (AvgIpc) is 3.26. The topological polar surface area (TPSA) is 59.8 Å². The van der Waals surface area contributed by atoms with Gasteiger partial charge < -0.3 is 5.32 Å². The fourth-order valence-electron chi connectivity index (χ4n) is 2.35. The first-order chi connectivity index (χ1) is 11.2. The van der Waals surface area contributed by atoms with E-state index >= 15 is 0 Å². The molecule has 0 radical (unpaired) electrons. The minimum atomic E-state index is -0.0187. The molecule has 0 saturated carbocycles. The Morgan fingerprint density at radius 1 is 1.30 bits per heavy atom. The van der Waals surface area contributed by atoms with Crippen molar-refractivity contribution in [2.24, 2.45) is 0 Å². The van der Waals surface area contributed by atoms with Gasteiger partial charge in [-0.2, -0.15) is 16.4 Å². The lowest BCUT2D eigenvalue weighted by Crippen LogP contribution is -2.26. The summed E-state index contributed by atoms with van der Waals surface area (Å²) >= 11 is 1.66. The SMILES string of the molecule is CC(NC(=O)CCc1ccsc1)c1ccc(-n2cncn2)cc1. The van der Waals surface area contributed by atoms with Crippen molar-refractivity contribution >= 4 is 17.2 Å². The third-order valence-electron chi connectivity index (χ3n) is 3.67. The van der Waals surface area contributed by atoms with Crippen molar-refractivity contribution in [2.45, 2.75) is 25.8 Å². The lowest BCUT2D eigenvalue weighted by atomic mass is 10.1. The predicted molar refractivity (Wildman–Crippen MR) is 90.6 cm³/mol. The summed E-state index contributed by atoms with van der Waals surface area (Å²) in [6, 6.07) is 9.98. The van der Waals surface area contributed by atoms with E-state index in [0.29, 0.717) is 6.42 Å². The molecule has 1 unspecified atom stereocenters. The van der Waals surface area contributed by atoms with E-state index in [1.54, 1.807) is 22.3 Å². The summed E-state index contributed by atoms with van der Waals surface area (Å²) in [4.78, 5) is 16.0. The third kappa shape index (κ3) is 4.04. The molecule has 0 saturated heterocycles. The number of nitrogens with one attached hydrogen (secondary N) is 1. The van der Waals surface area contributed by atoms with Crippen LogP contribution in [0.4, 0.5) is 0 Å². The van der Waals surface area contributed by atoms with Crippen molar-refractivity contribution in [1.29, 1.82) is 0 Å². The molecule has 3 rings (SSSR count). The molecule has 0 fully saturated rings. The second kappa shape index (κ2) is 7.19. The van der Waals surface area contributed by atoms with Crippen molar-refractivity contribution in [1.82, 2.24) is 20.1 Å². The Balaban J connectivity index is 1.55. The summed E-state index contributed by atoms with van der Waals surface area (Å²) in [5.41, 5.74) is 3.23. The highest BCUT2D eigenvalue weighted by atomic mass is 32.1. The molecule has 3 aromatic rings. The number of carbonyl (C=O) groups excluding carboxylic acids is 1. The second-order valence-electron chi connectivity index (χ2n) is 5.35. The Morgan fingerprint density at radius 2 is 2.13 bits per heavy atom. The van der Waals surface area contributed by atoms with E-state index in [-0.39, 0.29) is 11.9 Å². The highest BCUT2D eigenvalue weighted by molar-refractivity contribution is 7.07. The average molecular weight is 326 g/mol. The van der Waals surface area contributed by atoms with Gasteiger partial charge in [-0.1, -0.05) is 12.1 Å². The van der Waals surface area contributed by atoms with Gasteiger partial charge in [0, 0.05) is 6.42 Å². The molecule has 6 heteroatoms. The number of benzene rings is 1. The Bertz CT molecular complexity index is 736. The van der Waals surface area contributed by atoms with Crippen LogP contribution in [0, 0.1) is 0 Å². The largest absolute Gasteiger partial charge is 0.350 e. The van der Waals surface area contributed by atoms with Gasteiger partial charge in [-0.25, -0.2) is 9.67 Å². The van der Waals surface area contributed by atoms with Crippen LogP contribution in [-0.2, 0) is 11.2 Å². The number of carbonyl (C=O) groups is 1. The molecular weight excluding hydrogens is 308 g/mol. The van der Waals surface area contributed by atoms with E-state index in [4.69, 9.17) is 0 Å². The van der Waals surface area contributed by atoms with E-state index < -0.39 is 0 Å². The summed E-state index contributed by atoms with van der Waals surface area (Å²) in [5, 5.41) is 11.3. The highest BCUT2D eigenvalue weighted by Crippen LogP contribution is 2.16. The lowest BCUT2D eigenvalue weighted by Gasteiger charge is -2.14. The number of aryl methyl sites for hydroxylation is 1. The van der Waals surface area contributed by atoms with Crippen LogP contribution in [0.15, 0.2) is 53.7 Å². The van der Waals surface area contributed by atoms with E-state index in [0.717, 1.165) is 17.7 Å². The van der Waals surface area contributed by atoms with E-state index in [2.05, 4.69) is 26.8 Å². The molecular formula is C17H18N4OS. The zero-order chi connectivity index (χ0) is 16.1. The number of hydrogen-bond donors (Lipinski definition) is 1. The van der Waals surface area contributed by atoms with Gasteiger partial charge in [0.15, 0.2) is 0 Å². The molecule has 1 N–H and O–H groups in total. The van der Waals surface area contributed by atoms with Gasteiger partial charge in [0.2, 0.25) is 5.91 Å². The molecule has 118 valence electrons. The fraction of sp³-hybridized carbons (Fsp3) is 0.235. The molecule has 1 aromatic carbocycles. The standard InChI is InChI=1S/C17H18N4OS/c1-13(20-17(22)7-2-14-8-9-23-10-14)15-3-5-16(6-4-15)21-12-18-11-19-21/h3-6,8-13H,2,7H2,1H3,(H,20,22). The number of aromatic nitrogens is 3. The fourth-order valence-corrected chi connectivity index (χ4v) is 3.05. The summed E-state index contributed by atoms with van der Waals surface area (Å²) in [5.74, 6) is 0.0732. The third-order valence-corrected chi connectivity index (χ3v) is 4.41. The Morgan fingerprint density at radius 3 is 2.78 bits per heavy atom. The van der Waals surface area contributed by atoms with Gasteiger partial charge in [-0.15, -0.1) is 0 Å². The highest BCUT2D eigenvalue weighted by Gasteiger charge is 2.10. The molecule has 2 aromatic heterocycles. The molecule has 2 heterocycles. The quantitative estimate of drug-likeness (QED) is 0.757. The van der Waals surface area contributed by atoms with E-state index in [1.165, 1.54) is 11.9 Å². The summed E-state index contributed by atoms with van der Waals surface area (Å²) < 4.78 is 1.70. The van der Waals surface area contributed by atoms with Crippen LogP contribution in [0.2, 0.25) is 0 Å². The lowest BCUT2D eigenvalue weighted by molar-refractivity contribution is -0.121. The molecule has 23 heavy (non-hydrogen) atoms. The van der Waals surface area contributed by atoms with Gasteiger partial charge in [0.05, 0.1) is 11.7 Å². The molecule has 0 aliphatic rings. The molecule has 1 atom stereocenters. The van der Waals surface area contributed by atoms with Crippen LogP contribution in [0.5, 0.6) is 0 Å². The number of nitrogens with zero attached hydrogens (tertiary/aromatic N) is 3. The zero-order valence-electron chi connectivity index (χ0n) is 12.8. The van der Waals surface area contributed by atoms with Gasteiger partial charge >= 0.3 is 0 Å². The van der Waals surface area contributed by atoms with E-state index in [9.17, 15) is 4.79 Å². The van der Waals surface area contributed by atoms with Gasteiger partial charge in [0.25, 0.3) is 0 Å². The number of rotatable bonds is 6. The maximum atomic E-state index is 12.0. The molecule has 1 amide bonds. The zero-order valence-corrected chi connectivity index (χ0v) is 13.7. The Hall–Kier alpha value is -2.47. The number of amides is 1. The minimum Gasteiger partial charge on any atom is -0.350 e. The van der Waals surface area contributed by atoms with Gasteiger partial charge in [-0.05, 0) is 53.4 Å². The first-order valence-electron chi connectivity index (χ1n) is 7.48. The van der Waals surface area contributed by atoms with Gasteiger partial charge in [-0.3, -0.25) is 4.79 Å². The first kappa shape index (κ1) is 15.4. The van der Waals surface area contributed by atoms with Crippen molar-refractivity contribution < 1.29 is 4.79 Å². The number of thiophene rings is 1. The van der Waals surface area contributed by atoms with Crippen molar-refractivity contribution in [3.05, 3.63) is 64.9 Å².